The first-order valence-corrected chi connectivity index (χ1v) is 7.27. The molecular weight excluding hydrogens is 222 g/mol. The van der Waals surface area contributed by atoms with Gasteiger partial charge < -0.3 is 10.4 Å². The Balaban J connectivity index is 1.79. The molecule has 2 nitrogen and oxygen atoms in total. The molecule has 1 aromatic rings. The molecule has 0 amide bonds. The van der Waals surface area contributed by atoms with E-state index in [-0.39, 0.29) is 6.10 Å². The first-order valence-electron chi connectivity index (χ1n) is 7.27. The highest BCUT2D eigenvalue weighted by Crippen LogP contribution is 2.38. The Morgan fingerprint density at radius 3 is 2.83 bits per heavy atom. The Morgan fingerprint density at radius 2 is 2.00 bits per heavy atom. The number of hydrogen-bond donors (Lipinski definition) is 2. The molecule has 0 aromatic heterocycles. The van der Waals surface area contributed by atoms with Gasteiger partial charge in [-0.1, -0.05) is 30.7 Å². The minimum absolute atomic E-state index is 0.280. The lowest BCUT2D eigenvalue weighted by Crippen LogP contribution is -2.47. The lowest BCUT2D eigenvalue weighted by molar-refractivity contribution is 0.0574. The molecule has 1 aliphatic carbocycles. The van der Waals surface area contributed by atoms with E-state index >= 15 is 0 Å². The smallest absolute Gasteiger partial charge is 0.0835 e. The van der Waals surface area contributed by atoms with Gasteiger partial charge in [0.1, 0.15) is 0 Å². The van der Waals surface area contributed by atoms with E-state index in [9.17, 15) is 5.11 Å². The van der Waals surface area contributed by atoms with Gasteiger partial charge in [-0.05, 0) is 43.7 Å². The molecule has 1 heterocycles. The zero-order valence-electron chi connectivity index (χ0n) is 11.1. The van der Waals surface area contributed by atoms with Gasteiger partial charge in [-0.3, -0.25) is 0 Å². The van der Waals surface area contributed by atoms with Gasteiger partial charge in [0.2, 0.25) is 0 Å². The van der Waals surface area contributed by atoms with Crippen LogP contribution in [0.15, 0.2) is 24.3 Å². The fourth-order valence-electron chi connectivity index (χ4n) is 3.70. The normalized spacial score (nSPS) is 36.1. The van der Waals surface area contributed by atoms with Crippen LogP contribution in [0.25, 0.3) is 0 Å². The average molecular weight is 245 g/mol. The molecule has 0 spiro atoms. The molecule has 0 radical (unpaired) electrons. The van der Waals surface area contributed by atoms with E-state index < -0.39 is 0 Å². The van der Waals surface area contributed by atoms with E-state index in [1.165, 1.54) is 24.8 Å². The molecule has 0 bridgehead atoms. The maximum Gasteiger partial charge on any atom is 0.0835 e. The van der Waals surface area contributed by atoms with E-state index in [0.717, 1.165) is 18.4 Å². The molecule has 98 valence electrons. The highest BCUT2D eigenvalue weighted by atomic mass is 16.3. The van der Waals surface area contributed by atoms with Crippen LogP contribution in [0.2, 0.25) is 0 Å². The van der Waals surface area contributed by atoms with Crippen LogP contribution in [0.4, 0.5) is 0 Å². The van der Waals surface area contributed by atoms with Gasteiger partial charge in [-0.25, -0.2) is 0 Å². The van der Waals surface area contributed by atoms with Gasteiger partial charge in [0.05, 0.1) is 6.10 Å². The van der Waals surface area contributed by atoms with E-state index in [1.54, 1.807) is 0 Å². The van der Waals surface area contributed by atoms with Gasteiger partial charge >= 0.3 is 0 Å². The summed E-state index contributed by atoms with van der Waals surface area (Å²) in [4.78, 5) is 0. The zero-order valence-corrected chi connectivity index (χ0v) is 11.1. The fraction of sp³-hybridized carbons (Fsp3) is 0.625. The van der Waals surface area contributed by atoms with Crippen LogP contribution in [-0.4, -0.2) is 17.2 Å². The molecule has 1 fully saturated rings. The predicted molar refractivity (Wildman–Crippen MR) is 73.4 cm³/mol. The first-order chi connectivity index (χ1) is 8.75. The van der Waals surface area contributed by atoms with Crippen LogP contribution in [0.3, 0.4) is 0 Å². The van der Waals surface area contributed by atoms with Gasteiger partial charge in [-0.15, -0.1) is 0 Å². The van der Waals surface area contributed by atoms with E-state index in [1.807, 2.05) is 6.07 Å². The molecule has 2 N–H and O–H groups in total. The van der Waals surface area contributed by atoms with Crippen LogP contribution in [0.5, 0.6) is 0 Å². The molecule has 4 atom stereocenters. The molecule has 0 saturated carbocycles. The van der Waals surface area contributed by atoms with Crippen molar-refractivity contribution < 1.29 is 5.11 Å². The minimum atomic E-state index is -0.280. The third kappa shape index (κ3) is 2.19. The van der Waals surface area contributed by atoms with Crippen molar-refractivity contribution in [3.05, 3.63) is 35.4 Å². The summed E-state index contributed by atoms with van der Waals surface area (Å²) in [6.45, 7) is 2.26. The molecule has 2 heteroatoms. The van der Waals surface area contributed by atoms with Gasteiger partial charge in [0, 0.05) is 18.0 Å². The predicted octanol–water partition coefficient (Wildman–Crippen LogP) is 2.81. The monoisotopic (exact) mass is 245 g/mol. The fourth-order valence-corrected chi connectivity index (χ4v) is 3.70. The van der Waals surface area contributed by atoms with Crippen LogP contribution in [-0.2, 0) is 6.42 Å². The topological polar surface area (TPSA) is 32.3 Å². The van der Waals surface area contributed by atoms with Crippen molar-refractivity contribution in [2.24, 2.45) is 5.92 Å². The Bertz CT molecular complexity index is 417. The molecule has 1 aliphatic heterocycles. The maximum atomic E-state index is 10.6. The number of aliphatic hydroxyl groups excluding tert-OH is 1. The van der Waals surface area contributed by atoms with Crippen molar-refractivity contribution in [3.8, 4) is 0 Å². The lowest BCUT2D eigenvalue weighted by Gasteiger charge is -2.40. The number of fused-ring (bicyclic) bond motifs is 1. The standard InChI is InChI=1S/C16H23NO/c1-11-5-4-8-15(17-11)14-10-9-12-6-2-3-7-13(12)16(14)18/h2-3,6-7,11,14-18H,4-5,8-10H2,1H3. The summed E-state index contributed by atoms with van der Waals surface area (Å²) in [5.74, 6) is 0.391. The van der Waals surface area contributed by atoms with E-state index in [0.29, 0.717) is 18.0 Å². The van der Waals surface area contributed by atoms with Crippen molar-refractivity contribution in [3.63, 3.8) is 0 Å². The summed E-state index contributed by atoms with van der Waals surface area (Å²) < 4.78 is 0. The van der Waals surface area contributed by atoms with Crippen LogP contribution in [0, 0.1) is 5.92 Å². The number of rotatable bonds is 1. The van der Waals surface area contributed by atoms with Crippen molar-refractivity contribution >= 4 is 0 Å². The summed E-state index contributed by atoms with van der Waals surface area (Å²) >= 11 is 0. The van der Waals surface area contributed by atoms with Gasteiger partial charge in [0.15, 0.2) is 0 Å². The van der Waals surface area contributed by atoms with Crippen LogP contribution < -0.4 is 5.32 Å². The van der Waals surface area contributed by atoms with Crippen molar-refractivity contribution in [2.75, 3.05) is 0 Å². The molecule has 18 heavy (non-hydrogen) atoms. The zero-order chi connectivity index (χ0) is 12.5. The molecule has 3 rings (SSSR count). The van der Waals surface area contributed by atoms with Crippen molar-refractivity contribution in [1.29, 1.82) is 0 Å². The van der Waals surface area contributed by atoms with Crippen molar-refractivity contribution in [1.82, 2.24) is 5.32 Å². The minimum Gasteiger partial charge on any atom is -0.388 e. The Labute approximate surface area is 109 Å². The highest BCUT2D eigenvalue weighted by Gasteiger charge is 2.35. The molecule has 4 unspecified atom stereocenters. The lowest BCUT2D eigenvalue weighted by atomic mass is 9.75. The summed E-state index contributed by atoms with van der Waals surface area (Å²) in [6.07, 6.45) is 5.73. The number of hydrogen-bond acceptors (Lipinski definition) is 2. The number of aliphatic hydroxyl groups is 1. The van der Waals surface area contributed by atoms with Crippen LogP contribution >= 0.6 is 0 Å². The molecular formula is C16H23NO. The highest BCUT2D eigenvalue weighted by molar-refractivity contribution is 5.32. The van der Waals surface area contributed by atoms with E-state index in [4.69, 9.17) is 0 Å². The maximum absolute atomic E-state index is 10.6. The second kappa shape index (κ2) is 5.02. The number of aryl methyl sites for hydroxylation is 1. The average Bonchev–Trinajstić information content (AvgIpc) is 2.39. The summed E-state index contributed by atoms with van der Waals surface area (Å²) in [7, 11) is 0. The number of nitrogens with one attached hydrogen (secondary N) is 1. The number of benzene rings is 1. The second-order valence-electron chi connectivity index (χ2n) is 5.95. The third-order valence-electron chi connectivity index (χ3n) is 4.69. The largest absolute Gasteiger partial charge is 0.388 e. The summed E-state index contributed by atoms with van der Waals surface area (Å²) in [5, 5.41) is 14.3. The van der Waals surface area contributed by atoms with Crippen molar-refractivity contribution in [2.45, 2.75) is 57.2 Å². The summed E-state index contributed by atoms with van der Waals surface area (Å²) in [6, 6.07) is 9.48. The first kappa shape index (κ1) is 12.2. The number of piperidine rings is 1. The Morgan fingerprint density at radius 1 is 1.17 bits per heavy atom. The van der Waals surface area contributed by atoms with Crippen LogP contribution in [0.1, 0.15) is 49.8 Å². The molecule has 1 saturated heterocycles. The second-order valence-corrected chi connectivity index (χ2v) is 5.95. The third-order valence-corrected chi connectivity index (χ3v) is 4.69. The SMILES string of the molecule is CC1CCCC(C2CCc3ccccc3C2O)N1. The van der Waals surface area contributed by atoms with E-state index in [2.05, 4.69) is 30.4 Å². The summed E-state index contributed by atoms with van der Waals surface area (Å²) in [5.41, 5.74) is 2.50. The molecule has 1 aromatic carbocycles. The Hall–Kier alpha value is -0.860. The Kier molecular flexibility index (Phi) is 3.40. The van der Waals surface area contributed by atoms with Gasteiger partial charge in [-0.2, -0.15) is 0 Å². The van der Waals surface area contributed by atoms with Gasteiger partial charge in [0.25, 0.3) is 0 Å². The quantitative estimate of drug-likeness (QED) is 0.797. The molecule has 2 aliphatic rings.